The summed E-state index contributed by atoms with van der Waals surface area (Å²) in [5.74, 6) is 0. The summed E-state index contributed by atoms with van der Waals surface area (Å²) in [7, 11) is 0. The largest absolute Gasteiger partial charge is 0.430 e. The number of nitrogens with two attached hydrogens (primary N) is 1. The van der Waals surface area contributed by atoms with E-state index in [1.165, 1.54) is 13.0 Å². The lowest BCUT2D eigenvalue weighted by Gasteiger charge is -2.34. The topological polar surface area (TPSA) is 46.2 Å². The van der Waals surface area contributed by atoms with Crippen LogP contribution < -0.4 is 5.73 Å². The highest BCUT2D eigenvalue weighted by Crippen LogP contribution is 2.51. The summed E-state index contributed by atoms with van der Waals surface area (Å²) in [6.07, 6.45) is -11.8. The summed E-state index contributed by atoms with van der Waals surface area (Å²) in [6, 6.07) is 1.72. The number of hydrogen-bond donors (Lipinski definition) is 2. The molecular formula is C11H11F6NO. The lowest BCUT2D eigenvalue weighted by Crippen LogP contribution is -2.54. The maximum absolute atomic E-state index is 12.7. The molecule has 0 radical (unpaired) electrons. The number of benzene rings is 1. The minimum absolute atomic E-state index is 0.127. The summed E-state index contributed by atoms with van der Waals surface area (Å²) < 4.78 is 76.3. The van der Waals surface area contributed by atoms with Crippen molar-refractivity contribution in [3.63, 3.8) is 0 Å². The first-order chi connectivity index (χ1) is 8.32. The second-order valence-electron chi connectivity index (χ2n) is 4.22. The molecule has 108 valence electrons. The fraction of sp³-hybridized carbons (Fsp3) is 0.455. The molecule has 0 bridgehead atoms. The molecule has 2 nitrogen and oxygen atoms in total. The van der Waals surface area contributed by atoms with Crippen LogP contribution in [0.3, 0.4) is 0 Å². The zero-order valence-electron chi connectivity index (χ0n) is 9.95. The van der Waals surface area contributed by atoms with Gasteiger partial charge in [-0.05, 0) is 37.1 Å². The summed E-state index contributed by atoms with van der Waals surface area (Å²) in [5, 5.41) is 9.28. The lowest BCUT2D eigenvalue weighted by atomic mass is 9.86. The molecule has 0 fully saturated rings. The van der Waals surface area contributed by atoms with Crippen molar-refractivity contribution in [3.05, 3.63) is 28.8 Å². The monoisotopic (exact) mass is 287 g/mol. The first-order valence-corrected chi connectivity index (χ1v) is 5.05. The Hall–Kier alpha value is -1.44. The van der Waals surface area contributed by atoms with Gasteiger partial charge in [0.15, 0.2) is 0 Å². The first-order valence-electron chi connectivity index (χ1n) is 5.05. The molecule has 0 aliphatic heterocycles. The van der Waals surface area contributed by atoms with Crippen molar-refractivity contribution in [3.8, 4) is 0 Å². The van der Waals surface area contributed by atoms with Gasteiger partial charge in [0.2, 0.25) is 0 Å². The van der Waals surface area contributed by atoms with E-state index in [0.29, 0.717) is 6.07 Å². The number of aryl methyl sites for hydroxylation is 1. The number of aliphatic hydroxyl groups is 1. The third-order valence-electron chi connectivity index (χ3n) is 2.90. The Kier molecular flexibility index (Phi) is 3.53. The molecule has 1 rings (SSSR count). The maximum atomic E-state index is 12.7. The van der Waals surface area contributed by atoms with Gasteiger partial charge in [-0.1, -0.05) is 0 Å². The number of alkyl halides is 6. The van der Waals surface area contributed by atoms with E-state index in [0.717, 1.165) is 6.92 Å². The quantitative estimate of drug-likeness (QED) is 0.615. The third kappa shape index (κ3) is 2.36. The molecule has 0 saturated heterocycles. The molecule has 0 atom stereocenters. The van der Waals surface area contributed by atoms with E-state index < -0.39 is 23.5 Å². The van der Waals surface area contributed by atoms with Crippen LogP contribution in [-0.4, -0.2) is 17.5 Å². The van der Waals surface area contributed by atoms with Gasteiger partial charge in [0, 0.05) is 11.3 Å². The van der Waals surface area contributed by atoms with Gasteiger partial charge in [-0.25, -0.2) is 0 Å². The Bertz CT molecular complexity index is 477. The average Bonchev–Trinajstić information content (AvgIpc) is 2.18. The number of nitrogen functional groups attached to an aromatic ring is 1. The molecule has 0 unspecified atom stereocenters. The van der Waals surface area contributed by atoms with Gasteiger partial charge in [-0.2, -0.15) is 26.3 Å². The molecule has 0 spiro atoms. The number of halogens is 6. The van der Waals surface area contributed by atoms with Crippen molar-refractivity contribution in [2.45, 2.75) is 31.8 Å². The second kappa shape index (κ2) is 4.29. The van der Waals surface area contributed by atoms with Crippen LogP contribution in [0.2, 0.25) is 0 Å². The Labute approximate surface area is 104 Å². The van der Waals surface area contributed by atoms with E-state index in [2.05, 4.69) is 0 Å². The summed E-state index contributed by atoms with van der Waals surface area (Å²) in [6.45, 7) is 2.37. The molecule has 19 heavy (non-hydrogen) atoms. The van der Waals surface area contributed by atoms with E-state index in [1.807, 2.05) is 0 Å². The van der Waals surface area contributed by atoms with Crippen molar-refractivity contribution >= 4 is 5.69 Å². The van der Waals surface area contributed by atoms with Crippen LogP contribution in [0.25, 0.3) is 0 Å². The first kappa shape index (κ1) is 15.6. The van der Waals surface area contributed by atoms with Crippen LogP contribution in [0.15, 0.2) is 12.1 Å². The smallest absolute Gasteiger partial charge is 0.399 e. The molecule has 0 aromatic heterocycles. The highest BCUT2D eigenvalue weighted by Gasteiger charge is 2.71. The van der Waals surface area contributed by atoms with Crippen molar-refractivity contribution in [1.29, 1.82) is 0 Å². The number of hydrogen-bond acceptors (Lipinski definition) is 2. The molecule has 0 amide bonds. The van der Waals surface area contributed by atoms with Gasteiger partial charge in [0.25, 0.3) is 5.60 Å². The van der Waals surface area contributed by atoms with Crippen LogP contribution in [-0.2, 0) is 5.60 Å². The predicted octanol–water partition coefficient (Wildman–Crippen LogP) is 3.20. The normalized spacial score (nSPS) is 13.7. The summed E-state index contributed by atoms with van der Waals surface area (Å²) in [4.78, 5) is 0. The van der Waals surface area contributed by atoms with Crippen molar-refractivity contribution in [1.82, 2.24) is 0 Å². The van der Waals surface area contributed by atoms with Gasteiger partial charge < -0.3 is 10.8 Å². The zero-order chi connectivity index (χ0) is 15.2. The minimum Gasteiger partial charge on any atom is -0.399 e. The molecule has 0 aliphatic carbocycles. The average molecular weight is 287 g/mol. The minimum atomic E-state index is -5.91. The van der Waals surface area contributed by atoms with E-state index in [9.17, 15) is 31.4 Å². The molecule has 1 aromatic carbocycles. The van der Waals surface area contributed by atoms with E-state index in [1.54, 1.807) is 0 Å². The van der Waals surface area contributed by atoms with Crippen LogP contribution in [0, 0.1) is 13.8 Å². The second-order valence-corrected chi connectivity index (χ2v) is 4.22. The Balaban J connectivity index is 3.71. The third-order valence-corrected chi connectivity index (χ3v) is 2.90. The van der Waals surface area contributed by atoms with Gasteiger partial charge in [-0.3, -0.25) is 0 Å². The van der Waals surface area contributed by atoms with Gasteiger partial charge in [0.1, 0.15) is 0 Å². The molecule has 0 saturated carbocycles. The highest BCUT2D eigenvalue weighted by molar-refractivity contribution is 5.51. The van der Waals surface area contributed by atoms with Gasteiger partial charge in [-0.15, -0.1) is 0 Å². The van der Waals surface area contributed by atoms with Crippen LogP contribution in [0.4, 0.5) is 32.0 Å². The fourth-order valence-electron chi connectivity index (χ4n) is 1.73. The van der Waals surface area contributed by atoms with Crippen LogP contribution in [0.5, 0.6) is 0 Å². The van der Waals surface area contributed by atoms with E-state index >= 15 is 0 Å². The molecule has 8 heteroatoms. The number of anilines is 1. The van der Waals surface area contributed by atoms with Gasteiger partial charge >= 0.3 is 12.4 Å². The Morgan fingerprint density at radius 2 is 1.37 bits per heavy atom. The van der Waals surface area contributed by atoms with E-state index in [-0.39, 0.29) is 16.8 Å². The lowest BCUT2D eigenvalue weighted by molar-refractivity contribution is -0.376. The SMILES string of the molecule is Cc1cc(N)cc(C(O)(C(F)(F)F)C(F)(F)F)c1C. The van der Waals surface area contributed by atoms with Crippen LogP contribution in [0.1, 0.15) is 16.7 Å². The highest BCUT2D eigenvalue weighted by atomic mass is 19.4. The maximum Gasteiger partial charge on any atom is 0.430 e. The standard InChI is InChI=1S/C11H11F6NO/c1-5-3-7(18)4-8(6(5)2)9(19,10(12,13)14)11(15,16)17/h3-4,19H,18H2,1-2H3. The van der Waals surface area contributed by atoms with Gasteiger partial charge in [0.05, 0.1) is 0 Å². The molecule has 1 aromatic rings. The Morgan fingerprint density at radius 3 is 1.74 bits per heavy atom. The van der Waals surface area contributed by atoms with Crippen molar-refractivity contribution < 1.29 is 31.4 Å². The molecular weight excluding hydrogens is 276 g/mol. The fourth-order valence-corrected chi connectivity index (χ4v) is 1.73. The van der Waals surface area contributed by atoms with Crippen molar-refractivity contribution in [2.75, 3.05) is 5.73 Å². The summed E-state index contributed by atoms with van der Waals surface area (Å²) in [5.41, 5.74) is -1.45. The molecule has 3 N–H and O–H groups in total. The van der Waals surface area contributed by atoms with E-state index in [4.69, 9.17) is 5.73 Å². The molecule has 0 aliphatic rings. The summed E-state index contributed by atoms with van der Waals surface area (Å²) >= 11 is 0. The number of rotatable bonds is 1. The molecule has 0 heterocycles. The van der Waals surface area contributed by atoms with Crippen molar-refractivity contribution in [2.24, 2.45) is 0 Å². The zero-order valence-corrected chi connectivity index (χ0v) is 9.95. The Morgan fingerprint density at radius 1 is 0.947 bits per heavy atom. The predicted molar refractivity (Wildman–Crippen MR) is 56.3 cm³/mol. The van der Waals surface area contributed by atoms with Crippen LogP contribution >= 0.6 is 0 Å².